The van der Waals surface area contributed by atoms with Crippen LogP contribution in [0.5, 0.6) is 0 Å². The Morgan fingerprint density at radius 2 is 2.00 bits per heavy atom. The third-order valence-electron chi connectivity index (χ3n) is 6.18. The molecule has 2 bridgehead atoms. The summed E-state index contributed by atoms with van der Waals surface area (Å²) < 4.78 is 11.6. The van der Waals surface area contributed by atoms with Crippen LogP contribution >= 0.6 is 11.6 Å². The zero-order valence-corrected chi connectivity index (χ0v) is 18.4. The molecule has 4 nitrogen and oxygen atoms in total. The minimum Gasteiger partial charge on any atom is -0.508 e. The van der Waals surface area contributed by atoms with E-state index in [2.05, 4.69) is 13.0 Å². The molecule has 0 spiro atoms. The number of halogens is 1. The van der Waals surface area contributed by atoms with Crippen LogP contribution in [0.4, 0.5) is 0 Å². The van der Waals surface area contributed by atoms with Gasteiger partial charge >= 0.3 is 0 Å². The monoisotopic (exact) mass is 426 g/mol. The van der Waals surface area contributed by atoms with Crippen LogP contribution in [0.15, 0.2) is 42.2 Å². The first-order valence-corrected chi connectivity index (χ1v) is 10.9. The van der Waals surface area contributed by atoms with Gasteiger partial charge in [-0.25, -0.2) is 0 Å². The minimum atomic E-state index is -0.929. The number of ketones is 1. The standard InChI is InChI=1S/C25H27ClO4/c1-4-16-6-7-17(19-9-8-18(26)12-15(19)3)13-20(16)22-23(27)21-10-11-25(30-21,24(22)28)14-29-5-2/h6-9,12-13,21,28H,4-5,10-11,14H2,1-3H3/t21-,25+/m1/s1. The lowest BCUT2D eigenvalue weighted by Crippen LogP contribution is -2.43. The fourth-order valence-corrected chi connectivity index (χ4v) is 4.78. The molecule has 0 aliphatic carbocycles. The minimum absolute atomic E-state index is 0.00868. The molecule has 4 rings (SSSR count). The van der Waals surface area contributed by atoms with Gasteiger partial charge in [-0.05, 0) is 79.1 Å². The third-order valence-corrected chi connectivity index (χ3v) is 6.42. The number of carbonyl (C=O) groups is 1. The second kappa shape index (κ2) is 8.18. The predicted molar refractivity (Wildman–Crippen MR) is 119 cm³/mol. The van der Waals surface area contributed by atoms with Gasteiger partial charge in [-0.1, -0.05) is 36.7 Å². The highest BCUT2D eigenvalue weighted by atomic mass is 35.5. The molecule has 1 fully saturated rings. The lowest BCUT2D eigenvalue weighted by molar-refractivity contribution is -0.138. The number of fused-ring (bicyclic) bond motifs is 2. The van der Waals surface area contributed by atoms with Gasteiger partial charge in [0.25, 0.3) is 0 Å². The van der Waals surface area contributed by atoms with E-state index in [-0.39, 0.29) is 18.1 Å². The number of rotatable bonds is 6. The number of Topliss-reactive ketones (excluding diaryl/α,β-unsaturated/α-hetero) is 1. The summed E-state index contributed by atoms with van der Waals surface area (Å²) in [6.07, 6.45) is 1.40. The number of aryl methyl sites for hydroxylation is 2. The Morgan fingerprint density at radius 1 is 1.20 bits per heavy atom. The van der Waals surface area contributed by atoms with E-state index < -0.39 is 11.7 Å². The lowest BCUT2D eigenvalue weighted by Gasteiger charge is -2.34. The molecule has 5 heteroatoms. The highest BCUT2D eigenvalue weighted by molar-refractivity contribution is 6.30. The van der Waals surface area contributed by atoms with E-state index in [1.165, 1.54) is 0 Å². The number of hydrogen-bond acceptors (Lipinski definition) is 4. The molecule has 2 heterocycles. The Labute approximate surface area is 182 Å². The van der Waals surface area contributed by atoms with Gasteiger partial charge in [-0.3, -0.25) is 4.79 Å². The van der Waals surface area contributed by atoms with E-state index in [4.69, 9.17) is 21.1 Å². The molecular weight excluding hydrogens is 400 g/mol. The first-order chi connectivity index (χ1) is 14.4. The summed E-state index contributed by atoms with van der Waals surface area (Å²) in [7, 11) is 0. The Hall–Kier alpha value is -2.14. The molecule has 30 heavy (non-hydrogen) atoms. The molecule has 2 aromatic rings. The first-order valence-electron chi connectivity index (χ1n) is 10.5. The Balaban J connectivity index is 1.88. The Bertz CT molecular complexity index is 1030. The molecule has 0 aromatic heterocycles. The molecule has 1 saturated heterocycles. The molecule has 2 aliphatic rings. The smallest absolute Gasteiger partial charge is 0.195 e. The number of benzene rings is 2. The Kier molecular flexibility index (Phi) is 5.75. The van der Waals surface area contributed by atoms with E-state index in [9.17, 15) is 9.90 Å². The average molecular weight is 427 g/mol. The molecule has 158 valence electrons. The molecule has 0 amide bonds. The average Bonchev–Trinajstić information content (AvgIpc) is 3.14. The van der Waals surface area contributed by atoms with Crippen molar-refractivity contribution in [3.63, 3.8) is 0 Å². The van der Waals surface area contributed by atoms with Gasteiger partial charge in [0.2, 0.25) is 0 Å². The van der Waals surface area contributed by atoms with Crippen molar-refractivity contribution in [3.8, 4) is 11.1 Å². The molecule has 2 aliphatic heterocycles. The van der Waals surface area contributed by atoms with Crippen molar-refractivity contribution in [1.29, 1.82) is 0 Å². The van der Waals surface area contributed by atoms with Crippen molar-refractivity contribution in [3.05, 3.63) is 63.9 Å². The zero-order valence-electron chi connectivity index (χ0n) is 17.6. The maximum Gasteiger partial charge on any atom is 0.195 e. The molecule has 2 atom stereocenters. The molecule has 1 N–H and O–H groups in total. The second-order valence-electron chi connectivity index (χ2n) is 8.05. The van der Waals surface area contributed by atoms with E-state index >= 15 is 0 Å². The summed E-state index contributed by atoms with van der Waals surface area (Å²) in [6, 6.07) is 11.9. The van der Waals surface area contributed by atoms with Crippen molar-refractivity contribution < 1.29 is 19.4 Å². The largest absolute Gasteiger partial charge is 0.508 e. The summed E-state index contributed by atoms with van der Waals surface area (Å²) in [4.78, 5) is 13.2. The highest BCUT2D eigenvalue weighted by Gasteiger charge is 2.53. The van der Waals surface area contributed by atoms with Crippen LogP contribution in [-0.4, -0.2) is 35.8 Å². The number of aliphatic hydroxyl groups excluding tert-OH is 1. The maximum atomic E-state index is 13.2. The summed E-state index contributed by atoms with van der Waals surface area (Å²) in [5.74, 6) is -0.133. The number of ether oxygens (including phenoxy) is 2. The van der Waals surface area contributed by atoms with Gasteiger partial charge in [-0.15, -0.1) is 0 Å². The van der Waals surface area contributed by atoms with Gasteiger partial charge in [-0.2, -0.15) is 0 Å². The summed E-state index contributed by atoms with van der Waals surface area (Å²) in [5.41, 5.74) is 4.35. The second-order valence-corrected chi connectivity index (χ2v) is 8.49. The van der Waals surface area contributed by atoms with Crippen LogP contribution in [0.1, 0.15) is 43.4 Å². The SMILES string of the molecule is CCOC[C@]12CC[C@@H](O1)C(=O)C(c1cc(-c3ccc(Cl)cc3C)ccc1CC)=C2O. The maximum absolute atomic E-state index is 13.2. The lowest BCUT2D eigenvalue weighted by atomic mass is 9.85. The van der Waals surface area contributed by atoms with Crippen molar-refractivity contribution in [2.45, 2.75) is 51.7 Å². The van der Waals surface area contributed by atoms with Crippen LogP contribution < -0.4 is 0 Å². The topological polar surface area (TPSA) is 55.8 Å². The number of hydrogen-bond donors (Lipinski definition) is 1. The van der Waals surface area contributed by atoms with Crippen LogP contribution in [0.3, 0.4) is 0 Å². The van der Waals surface area contributed by atoms with Crippen molar-refractivity contribution in [2.75, 3.05) is 13.2 Å². The third kappa shape index (κ3) is 3.47. The fraction of sp³-hybridized carbons (Fsp3) is 0.400. The van der Waals surface area contributed by atoms with Crippen LogP contribution in [0, 0.1) is 6.92 Å². The van der Waals surface area contributed by atoms with Crippen molar-refractivity contribution in [1.82, 2.24) is 0 Å². The van der Waals surface area contributed by atoms with Crippen LogP contribution in [0.2, 0.25) is 5.02 Å². The van der Waals surface area contributed by atoms with Crippen LogP contribution in [-0.2, 0) is 20.7 Å². The van der Waals surface area contributed by atoms with E-state index in [0.29, 0.717) is 30.0 Å². The van der Waals surface area contributed by atoms with Gasteiger partial charge in [0.15, 0.2) is 5.78 Å². The molecule has 0 radical (unpaired) electrons. The van der Waals surface area contributed by atoms with Crippen molar-refractivity contribution >= 4 is 23.0 Å². The molecule has 0 saturated carbocycles. The number of carbonyl (C=O) groups excluding carboxylic acids is 1. The van der Waals surface area contributed by atoms with Crippen molar-refractivity contribution in [2.24, 2.45) is 0 Å². The number of aliphatic hydroxyl groups is 1. The quantitative estimate of drug-likeness (QED) is 0.645. The van der Waals surface area contributed by atoms with E-state index in [1.54, 1.807) is 0 Å². The Morgan fingerprint density at radius 3 is 2.70 bits per heavy atom. The molecular formula is C25H27ClO4. The van der Waals surface area contributed by atoms with Gasteiger partial charge in [0.1, 0.15) is 17.5 Å². The normalized spacial score (nSPS) is 23.3. The summed E-state index contributed by atoms with van der Waals surface area (Å²) in [6.45, 7) is 6.75. The van der Waals surface area contributed by atoms with E-state index in [1.807, 2.05) is 44.2 Å². The first kappa shape index (κ1) is 21.1. The highest BCUT2D eigenvalue weighted by Crippen LogP contribution is 2.46. The van der Waals surface area contributed by atoms with Crippen LogP contribution in [0.25, 0.3) is 16.7 Å². The molecule has 2 aromatic carbocycles. The predicted octanol–water partition coefficient (Wildman–Crippen LogP) is 5.68. The summed E-state index contributed by atoms with van der Waals surface area (Å²) >= 11 is 6.13. The van der Waals surface area contributed by atoms with E-state index in [0.717, 1.165) is 34.2 Å². The summed E-state index contributed by atoms with van der Waals surface area (Å²) in [5, 5.41) is 12.0. The fourth-order valence-electron chi connectivity index (χ4n) is 4.56. The van der Waals surface area contributed by atoms with Gasteiger partial charge < -0.3 is 14.6 Å². The molecule has 0 unspecified atom stereocenters. The zero-order chi connectivity index (χ0) is 21.5. The van der Waals surface area contributed by atoms with Gasteiger partial charge in [0.05, 0.1) is 12.2 Å². The van der Waals surface area contributed by atoms with Gasteiger partial charge in [0, 0.05) is 11.6 Å².